The van der Waals surface area contributed by atoms with Gasteiger partial charge >= 0.3 is 0 Å². The fourth-order valence-corrected chi connectivity index (χ4v) is 2.64. The van der Waals surface area contributed by atoms with E-state index in [4.69, 9.17) is 0 Å². The Hall–Kier alpha value is -2.60. The zero-order valence-electron chi connectivity index (χ0n) is 12.3. The molecule has 0 atom stereocenters. The molecule has 1 aromatic heterocycles. The minimum atomic E-state index is -0.115. The van der Waals surface area contributed by atoms with Crippen LogP contribution in [0.4, 0.5) is 11.4 Å². The average Bonchev–Trinajstić information content (AvgIpc) is 2.80. The van der Waals surface area contributed by atoms with Gasteiger partial charge in [0.25, 0.3) is 0 Å². The molecular formula is C17H14BrN3O2. The number of aromatic hydroxyl groups is 1. The molecule has 23 heavy (non-hydrogen) atoms. The first-order chi connectivity index (χ1) is 11.0. The Bertz CT molecular complexity index is 898. The van der Waals surface area contributed by atoms with Crippen LogP contribution >= 0.6 is 15.9 Å². The van der Waals surface area contributed by atoms with Crippen LogP contribution in [0.15, 0.2) is 51.9 Å². The molecule has 5 nitrogen and oxygen atoms in total. The molecule has 0 fully saturated rings. The summed E-state index contributed by atoms with van der Waals surface area (Å²) < 4.78 is 0.934. The van der Waals surface area contributed by atoms with Crippen molar-refractivity contribution < 1.29 is 9.90 Å². The number of rotatable bonds is 3. The number of carbonyl (C=O) groups excluding carboxylic acids is 1. The second-order valence-corrected chi connectivity index (χ2v) is 5.98. The number of anilines is 1. The maximum Gasteiger partial charge on any atom is 0.221 e. The summed E-state index contributed by atoms with van der Waals surface area (Å²) in [5, 5.41) is 13.6. The highest BCUT2D eigenvalue weighted by Gasteiger charge is 2.08. The van der Waals surface area contributed by atoms with Gasteiger partial charge in [-0.1, -0.05) is 22.0 Å². The van der Waals surface area contributed by atoms with Gasteiger partial charge < -0.3 is 15.4 Å². The number of nitrogens with one attached hydrogen (secondary N) is 2. The smallest absolute Gasteiger partial charge is 0.221 e. The Balaban J connectivity index is 1.88. The molecule has 3 rings (SSSR count). The van der Waals surface area contributed by atoms with Crippen molar-refractivity contribution in [3.05, 3.63) is 52.5 Å². The number of nitrogens with zero attached hydrogens (tertiary/aromatic N) is 1. The van der Waals surface area contributed by atoms with Crippen molar-refractivity contribution in [3.63, 3.8) is 0 Å². The first-order valence-corrected chi connectivity index (χ1v) is 7.74. The van der Waals surface area contributed by atoms with E-state index in [1.165, 1.54) is 6.92 Å². The number of aromatic amines is 1. The molecule has 2 aromatic carbocycles. The topological polar surface area (TPSA) is 77.5 Å². The molecule has 0 bridgehead atoms. The number of amides is 1. The van der Waals surface area contributed by atoms with E-state index in [2.05, 4.69) is 31.2 Å². The summed E-state index contributed by atoms with van der Waals surface area (Å²) in [5.41, 5.74) is 2.92. The Kier molecular flexibility index (Phi) is 4.16. The van der Waals surface area contributed by atoms with Crippen molar-refractivity contribution in [2.45, 2.75) is 6.92 Å². The van der Waals surface area contributed by atoms with E-state index in [1.807, 2.05) is 18.2 Å². The SMILES string of the molecule is CC(=O)Nc1ccc(N=Cc2c(O)[nH]c3cc(Br)ccc23)cc1. The van der Waals surface area contributed by atoms with E-state index < -0.39 is 0 Å². The van der Waals surface area contributed by atoms with Crippen LogP contribution < -0.4 is 5.32 Å². The quantitative estimate of drug-likeness (QED) is 0.598. The normalized spacial score (nSPS) is 11.2. The molecule has 0 saturated heterocycles. The lowest BCUT2D eigenvalue weighted by atomic mass is 10.2. The third kappa shape index (κ3) is 3.43. The Morgan fingerprint density at radius 1 is 1.26 bits per heavy atom. The number of halogens is 1. The van der Waals surface area contributed by atoms with Gasteiger partial charge in [-0.2, -0.15) is 0 Å². The minimum Gasteiger partial charge on any atom is -0.494 e. The first-order valence-electron chi connectivity index (χ1n) is 6.95. The van der Waals surface area contributed by atoms with Gasteiger partial charge in [0.05, 0.1) is 16.8 Å². The molecular weight excluding hydrogens is 358 g/mol. The maximum atomic E-state index is 11.0. The van der Waals surface area contributed by atoms with E-state index in [1.54, 1.807) is 30.5 Å². The lowest BCUT2D eigenvalue weighted by molar-refractivity contribution is -0.114. The molecule has 0 aliphatic heterocycles. The fraction of sp³-hybridized carbons (Fsp3) is 0.0588. The summed E-state index contributed by atoms with van der Waals surface area (Å²) in [6.07, 6.45) is 1.62. The van der Waals surface area contributed by atoms with Crippen molar-refractivity contribution in [2.24, 2.45) is 4.99 Å². The molecule has 6 heteroatoms. The Morgan fingerprint density at radius 3 is 2.70 bits per heavy atom. The van der Waals surface area contributed by atoms with Crippen LogP contribution in [0, 0.1) is 0 Å². The summed E-state index contributed by atoms with van der Waals surface area (Å²) >= 11 is 3.40. The summed E-state index contributed by atoms with van der Waals surface area (Å²) in [7, 11) is 0. The van der Waals surface area contributed by atoms with Crippen LogP contribution in [0.25, 0.3) is 10.9 Å². The molecule has 3 N–H and O–H groups in total. The molecule has 0 saturated carbocycles. The standard InChI is InChI=1S/C17H14BrN3O2/c1-10(22)20-13-5-3-12(4-6-13)19-9-15-14-7-2-11(18)8-16(14)21-17(15)23/h2-9,21,23H,1H3,(H,20,22). The lowest BCUT2D eigenvalue weighted by Crippen LogP contribution is -2.04. The first kappa shape index (κ1) is 15.3. The molecule has 0 spiro atoms. The van der Waals surface area contributed by atoms with Crippen molar-refractivity contribution >= 4 is 50.3 Å². The monoisotopic (exact) mass is 371 g/mol. The predicted octanol–water partition coefficient (Wildman–Crippen LogP) is 4.35. The van der Waals surface area contributed by atoms with Crippen molar-refractivity contribution in [2.75, 3.05) is 5.32 Å². The van der Waals surface area contributed by atoms with Gasteiger partial charge in [-0.25, -0.2) is 0 Å². The van der Waals surface area contributed by atoms with E-state index in [-0.39, 0.29) is 11.8 Å². The molecule has 1 heterocycles. The van der Waals surface area contributed by atoms with E-state index >= 15 is 0 Å². The van der Waals surface area contributed by atoms with Crippen molar-refractivity contribution in [3.8, 4) is 5.88 Å². The van der Waals surface area contributed by atoms with Gasteiger partial charge in [0.2, 0.25) is 5.91 Å². The summed E-state index contributed by atoms with van der Waals surface area (Å²) in [6.45, 7) is 1.46. The number of hydrogen-bond acceptors (Lipinski definition) is 3. The predicted molar refractivity (Wildman–Crippen MR) is 95.7 cm³/mol. The average molecular weight is 372 g/mol. The highest BCUT2D eigenvalue weighted by atomic mass is 79.9. The number of carbonyl (C=O) groups is 1. The van der Waals surface area contributed by atoms with Crippen molar-refractivity contribution in [1.29, 1.82) is 0 Å². The molecule has 0 unspecified atom stereocenters. The van der Waals surface area contributed by atoms with Gasteiger partial charge in [0, 0.05) is 28.7 Å². The minimum absolute atomic E-state index is 0.0803. The zero-order valence-corrected chi connectivity index (χ0v) is 13.9. The van der Waals surface area contributed by atoms with Crippen LogP contribution in [0.1, 0.15) is 12.5 Å². The Morgan fingerprint density at radius 2 is 2.00 bits per heavy atom. The summed E-state index contributed by atoms with van der Waals surface area (Å²) in [4.78, 5) is 18.3. The number of aromatic nitrogens is 1. The molecule has 116 valence electrons. The van der Waals surface area contributed by atoms with E-state index in [0.29, 0.717) is 5.56 Å². The highest BCUT2D eigenvalue weighted by Crippen LogP contribution is 2.28. The second-order valence-electron chi connectivity index (χ2n) is 5.06. The van der Waals surface area contributed by atoms with Crippen LogP contribution in [0.3, 0.4) is 0 Å². The molecule has 1 amide bonds. The lowest BCUT2D eigenvalue weighted by Gasteiger charge is -2.01. The number of hydrogen-bond donors (Lipinski definition) is 3. The van der Waals surface area contributed by atoms with Crippen molar-refractivity contribution in [1.82, 2.24) is 4.98 Å². The van der Waals surface area contributed by atoms with Gasteiger partial charge in [-0.15, -0.1) is 0 Å². The van der Waals surface area contributed by atoms with Crippen LogP contribution in [-0.4, -0.2) is 22.2 Å². The number of benzene rings is 2. The Labute approximate surface area is 141 Å². The fourth-order valence-electron chi connectivity index (χ4n) is 2.28. The van der Waals surface area contributed by atoms with Gasteiger partial charge in [-0.05, 0) is 36.4 Å². The molecule has 3 aromatic rings. The largest absolute Gasteiger partial charge is 0.494 e. The molecule has 0 radical (unpaired) electrons. The molecule has 0 aliphatic rings. The van der Waals surface area contributed by atoms with Crippen LogP contribution in [0.2, 0.25) is 0 Å². The van der Waals surface area contributed by atoms with Crippen LogP contribution in [0.5, 0.6) is 5.88 Å². The number of fused-ring (bicyclic) bond motifs is 1. The summed E-state index contributed by atoms with van der Waals surface area (Å²) in [5.74, 6) is -0.0344. The van der Waals surface area contributed by atoms with Gasteiger partial charge in [0.1, 0.15) is 0 Å². The highest BCUT2D eigenvalue weighted by molar-refractivity contribution is 9.10. The van der Waals surface area contributed by atoms with Gasteiger partial charge in [0.15, 0.2) is 5.88 Å². The number of H-pyrrole nitrogens is 1. The second kappa shape index (κ2) is 6.26. The summed E-state index contributed by atoms with van der Waals surface area (Å²) in [6, 6.07) is 12.9. The maximum absolute atomic E-state index is 11.0. The zero-order chi connectivity index (χ0) is 16.4. The van der Waals surface area contributed by atoms with Gasteiger partial charge in [-0.3, -0.25) is 9.79 Å². The number of aliphatic imine (C=N–C) groups is 1. The van der Waals surface area contributed by atoms with E-state index in [9.17, 15) is 9.90 Å². The van der Waals surface area contributed by atoms with Crippen LogP contribution in [-0.2, 0) is 4.79 Å². The third-order valence-electron chi connectivity index (χ3n) is 3.31. The van der Waals surface area contributed by atoms with E-state index in [0.717, 1.165) is 26.8 Å². The third-order valence-corrected chi connectivity index (χ3v) is 3.80. The molecule has 0 aliphatic carbocycles.